The highest BCUT2D eigenvalue weighted by Crippen LogP contribution is 2.36. The molecule has 1 aliphatic rings. The first-order chi connectivity index (χ1) is 11.3. The standard InChI is InChI=1S/C20H22N2S/c1-15-9-10-19(23-15)20(22-13-11-21-12-14-22)18-8-4-6-16-5-2-3-7-17(16)18/h2-10,20-21H,11-14H2,1H3. The lowest BCUT2D eigenvalue weighted by atomic mass is 9.96. The Morgan fingerprint density at radius 1 is 0.957 bits per heavy atom. The highest BCUT2D eigenvalue weighted by Gasteiger charge is 2.26. The van der Waals surface area contributed by atoms with Crippen molar-refractivity contribution in [1.82, 2.24) is 10.2 Å². The quantitative estimate of drug-likeness (QED) is 0.777. The molecule has 0 aliphatic carbocycles. The lowest BCUT2D eigenvalue weighted by Crippen LogP contribution is -2.45. The molecule has 2 aromatic carbocycles. The zero-order valence-corrected chi connectivity index (χ0v) is 14.3. The van der Waals surface area contributed by atoms with E-state index in [1.165, 1.54) is 26.1 Å². The molecular formula is C20H22N2S. The monoisotopic (exact) mass is 322 g/mol. The molecule has 0 radical (unpaired) electrons. The van der Waals surface area contributed by atoms with Gasteiger partial charge in [0.05, 0.1) is 6.04 Å². The van der Waals surface area contributed by atoms with Gasteiger partial charge in [-0.15, -0.1) is 11.3 Å². The number of hydrogen-bond donors (Lipinski definition) is 1. The lowest BCUT2D eigenvalue weighted by molar-refractivity contribution is 0.201. The van der Waals surface area contributed by atoms with Crippen molar-refractivity contribution < 1.29 is 0 Å². The maximum atomic E-state index is 3.48. The molecule has 2 heterocycles. The van der Waals surface area contributed by atoms with E-state index in [-0.39, 0.29) is 0 Å². The second-order valence-corrected chi connectivity index (χ2v) is 7.52. The van der Waals surface area contributed by atoms with Crippen molar-refractivity contribution in [3.8, 4) is 0 Å². The number of benzene rings is 2. The van der Waals surface area contributed by atoms with Crippen molar-refractivity contribution in [1.29, 1.82) is 0 Å². The van der Waals surface area contributed by atoms with Gasteiger partial charge in [0, 0.05) is 35.9 Å². The minimum atomic E-state index is 0.363. The van der Waals surface area contributed by atoms with Crippen molar-refractivity contribution >= 4 is 22.1 Å². The van der Waals surface area contributed by atoms with Crippen molar-refractivity contribution in [2.45, 2.75) is 13.0 Å². The predicted molar refractivity (Wildman–Crippen MR) is 99.3 cm³/mol. The van der Waals surface area contributed by atoms with E-state index in [2.05, 4.69) is 71.7 Å². The average Bonchev–Trinajstić information content (AvgIpc) is 3.02. The van der Waals surface area contributed by atoms with Crippen LogP contribution in [0.2, 0.25) is 0 Å². The minimum Gasteiger partial charge on any atom is -0.314 e. The van der Waals surface area contributed by atoms with E-state index in [0.717, 1.165) is 26.2 Å². The summed E-state index contributed by atoms with van der Waals surface area (Å²) in [6, 6.07) is 20.4. The summed E-state index contributed by atoms with van der Waals surface area (Å²) >= 11 is 1.93. The molecule has 0 amide bonds. The SMILES string of the molecule is Cc1ccc(C(c2cccc3ccccc23)N2CCNCC2)s1. The Hall–Kier alpha value is -1.68. The summed E-state index contributed by atoms with van der Waals surface area (Å²) in [6.07, 6.45) is 0. The van der Waals surface area contributed by atoms with E-state index >= 15 is 0 Å². The molecule has 2 nitrogen and oxygen atoms in total. The van der Waals surface area contributed by atoms with Gasteiger partial charge >= 0.3 is 0 Å². The summed E-state index contributed by atoms with van der Waals surface area (Å²) in [5, 5.41) is 6.19. The Kier molecular flexibility index (Phi) is 4.17. The van der Waals surface area contributed by atoms with Crippen LogP contribution in [0.15, 0.2) is 54.6 Å². The van der Waals surface area contributed by atoms with Crippen LogP contribution in [0.1, 0.15) is 21.4 Å². The third kappa shape index (κ3) is 2.92. The Morgan fingerprint density at radius 3 is 2.52 bits per heavy atom. The van der Waals surface area contributed by atoms with Gasteiger partial charge in [-0.25, -0.2) is 0 Å². The zero-order valence-electron chi connectivity index (χ0n) is 13.5. The van der Waals surface area contributed by atoms with Gasteiger partial charge in [-0.2, -0.15) is 0 Å². The van der Waals surface area contributed by atoms with Crippen LogP contribution < -0.4 is 5.32 Å². The largest absolute Gasteiger partial charge is 0.314 e. The van der Waals surface area contributed by atoms with Crippen LogP contribution in [0.25, 0.3) is 10.8 Å². The molecule has 23 heavy (non-hydrogen) atoms. The van der Waals surface area contributed by atoms with E-state index < -0.39 is 0 Å². The third-order valence-corrected chi connectivity index (χ3v) is 5.72. The fraction of sp³-hybridized carbons (Fsp3) is 0.300. The van der Waals surface area contributed by atoms with E-state index in [9.17, 15) is 0 Å². The first kappa shape index (κ1) is 14.9. The van der Waals surface area contributed by atoms with Gasteiger partial charge in [0.25, 0.3) is 0 Å². The summed E-state index contributed by atoms with van der Waals surface area (Å²) in [4.78, 5) is 5.48. The molecule has 0 saturated carbocycles. The molecule has 1 atom stereocenters. The maximum Gasteiger partial charge on any atom is 0.0703 e. The number of rotatable bonds is 3. The van der Waals surface area contributed by atoms with Crippen LogP contribution in [-0.2, 0) is 0 Å². The number of piperazine rings is 1. The van der Waals surface area contributed by atoms with Crippen LogP contribution >= 0.6 is 11.3 Å². The van der Waals surface area contributed by atoms with Gasteiger partial charge in [0.15, 0.2) is 0 Å². The minimum absolute atomic E-state index is 0.363. The van der Waals surface area contributed by atoms with Gasteiger partial charge < -0.3 is 5.32 Å². The van der Waals surface area contributed by atoms with Gasteiger partial charge in [-0.1, -0.05) is 42.5 Å². The number of nitrogens with one attached hydrogen (secondary N) is 1. The van der Waals surface area contributed by atoms with Crippen molar-refractivity contribution in [3.63, 3.8) is 0 Å². The molecule has 0 spiro atoms. The normalized spacial score (nSPS) is 17.4. The van der Waals surface area contributed by atoms with E-state index in [1.807, 2.05) is 11.3 Å². The number of thiophene rings is 1. The Balaban J connectivity index is 1.86. The number of aryl methyl sites for hydroxylation is 1. The summed E-state index contributed by atoms with van der Waals surface area (Å²) in [5.41, 5.74) is 1.44. The van der Waals surface area contributed by atoms with Crippen LogP contribution in [0.5, 0.6) is 0 Å². The molecule has 4 rings (SSSR count). The topological polar surface area (TPSA) is 15.3 Å². The van der Waals surface area contributed by atoms with E-state index in [4.69, 9.17) is 0 Å². The summed E-state index contributed by atoms with van der Waals surface area (Å²) < 4.78 is 0. The molecule has 118 valence electrons. The molecule has 1 saturated heterocycles. The number of nitrogens with zero attached hydrogens (tertiary/aromatic N) is 1. The van der Waals surface area contributed by atoms with Gasteiger partial charge in [0.1, 0.15) is 0 Å². The number of hydrogen-bond acceptors (Lipinski definition) is 3. The number of fused-ring (bicyclic) bond motifs is 1. The Bertz CT molecular complexity index is 797. The molecule has 1 N–H and O–H groups in total. The molecule has 1 unspecified atom stereocenters. The van der Waals surface area contributed by atoms with Crippen molar-refractivity contribution in [3.05, 3.63) is 69.9 Å². The third-order valence-electron chi connectivity index (χ3n) is 4.67. The van der Waals surface area contributed by atoms with Crippen LogP contribution in [0.4, 0.5) is 0 Å². The smallest absolute Gasteiger partial charge is 0.0703 e. The summed E-state index contributed by atoms with van der Waals surface area (Å²) in [6.45, 7) is 6.55. The molecular weight excluding hydrogens is 300 g/mol. The van der Waals surface area contributed by atoms with Crippen molar-refractivity contribution in [2.75, 3.05) is 26.2 Å². The van der Waals surface area contributed by atoms with Gasteiger partial charge in [-0.3, -0.25) is 4.90 Å². The van der Waals surface area contributed by atoms with Crippen LogP contribution in [0.3, 0.4) is 0 Å². The molecule has 0 bridgehead atoms. The lowest BCUT2D eigenvalue weighted by Gasteiger charge is -2.35. The Labute approximate surface area is 141 Å². The average molecular weight is 322 g/mol. The molecule has 3 heteroatoms. The second-order valence-electron chi connectivity index (χ2n) is 6.21. The maximum absolute atomic E-state index is 3.48. The van der Waals surface area contributed by atoms with Crippen LogP contribution in [0, 0.1) is 6.92 Å². The Morgan fingerprint density at radius 2 is 1.74 bits per heavy atom. The van der Waals surface area contributed by atoms with E-state index in [1.54, 1.807) is 0 Å². The molecule has 3 aromatic rings. The van der Waals surface area contributed by atoms with Crippen LogP contribution in [-0.4, -0.2) is 31.1 Å². The molecule has 1 aromatic heterocycles. The van der Waals surface area contributed by atoms with E-state index in [0.29, 0.717) is 6.04 Å². The highest BCUT2D eigenvalue weighted by atomic mass is 32.1. The fourth-order valence-corrected chi connectivity index (χ4v) is 4.59. The highest BCUT2D eigenvalue weighted by molar-refractivity contribution is 7.12. The first-order valence-electron chi connectivity index (χ1n) is 8.32. The second kappa shape index (κ2) is 6.44. The van der Waals surface area contributed by atoms with Gasteiger partial charge in [-0.05, 0) is 35.4 Å². The molecule has 1 fully saturated rings. The zero-order chi connectivity index (χ0) is 15.6. The van der Waals surface area contributed by atoms with Crippen molar-refractivity contribution in [2.24, 2.45) is 0 Å². The summed E-state index contributed by atoms with van der Waals surface area (Å²) in [7, 11) is 0. The first-order valence-corrected chi connectivity index (χ1v) is 9.13. The predicted octanol–water partition coefficient (Wildman–Crippen LogP) is 4.20. The fourth-order valence-electron chi connectivity index (χ4n) is 3.56. The van der Waals surface area contributed by atoms with Gasteiger partial charge in [0.2, 0.25) is 0 Å². The molecule has 1 aliphatic heterocycles. The summed E-state index contributed by atoms with van der Waals surface area (Å²) in [5.74, 6) is 0.